The molecule has 0 radical (unpaired) electrons. The van der Waals surface area contributed by atoms with E-state index in [0.29, 0.717) is 16.3 Å². The van der Waals surface area contributed by atoms with Crippen molar-refractivity contribution in [1.82, 2.24) is 0 Å². The average molecular weight is 326 g/mol. The van der Waals surface area contributed by atoms with Gasteiger partial charge in [-0.25, -0.2) is 0 Å². The number of para-hydroxylation sites is 1. The molecule has 0 spiro atoms. The van der Waals surface area contributed by atoms with Crippen molar-refractivity contribution in [2.75, 3.05) is 5.32 Å². The molecule has 0 bridgehead atoms. The molecule has 0 aliphatic rings. The summed E-state index contributed by atoms with van der Waals surface area (Å²) in [5, 5.41) is 3.70. The first-order valence-electron chi connectivity index (χ1n) is 7.27. The van der Waals surface area contributed by atoms with Crippen LogP contribution in [-0.4, -0.2) is 5.78 Å². The van der Waals surface area contributed by atoms with E-state index in [0.717, 1.165) is 22.5 Å². The molecule has 3 aromatic rings. The minimum atomic E-state index is -0.208. The van der Waals surface area contributed by atoms with Gasteiger partial charge >= 0.3 is 0 Å². The standard InChI is InChI=1S/C19H16ClNO2/c1-12-5-3-4-6-17(12)21-14-7-8-15(16(20)11-14)18(22)19-13(2)9-10-23-19/h3-11,21H,1-2H3. The Hall–Kier alpha value is -2.52. The summed E-state index contributed by atoms with van der Waals surface area (Å²) in [6.07, 6.45) is 1.50. The van der Waals surface area contributed by atoms with Crippen molar-refractivity contribution in [3.8, 4) is 0 Å². The highest BCUT2D eigenvalue weighted by Crippen LogP contribution is 2.27. The highest BCUT2D eigenvalue weighted by Gasteiger charge is 2.18. The van der Waals surface area contributed by atoms with Crippen LogP contribution in [0.3, 0.4) is 0 Å². The second kappa shape index (κ2) is 6.31. The van der Waals surface area contributed by atoms with Crippen LogP contribution in [0.25, 0.3) is 0 Å². The number of ketones is 1. The Bertz CT molecular complexity index is 867. The van der Waals surface area contributed by atoms with Crippen LogP contribution < -0.4 is 5.32 Å². The number of carbonyl (C=O) groups excluding carboxylic acids is 1. The number of hydrogen-bond acceptors (Lipinski definition) is 3. The number of aryl methyl sites for hydroxylation is 2. The van der Waals surface area contributed by atoms with Gasteiger partial charge in [0.25, 0.3) is 0 Å². The number of anilines is 2. The summed E-state index contributed by atoms with van der Waals surface area (Å²) in [4.78, 5) is 12.5. The quantitative estimate of drug-likeness (QED) is 0.642. The molecule has 3 nitrogen and oxygen atoms in total. The Labute approximate surface area is 139 Å². The Morgan fingerprint density at radius 1 is 1.04 bits per heavy atom. The largest absolute Gasteiger partial charge is 0.461 e. The van der Waals surface area contributed by atoms with Crippen LogP contribution >= 0.6 is 11.6 Å². The second-order valence-corrected chi connectivity index (χ2v) is 5.80. The van der Waals surface area contributed by atoms with Gasteiger partial charge in [-0.3, -0.25) is 4.79 Å². The van der Waals surface area contributed by atoms with Gasteiger partial charge in [-0.1, -0.05) is 29.8 Å². The summed E-state index contributed by atoms with van der Waals surface area (Å²) in [5.41, 5.74) is 4.20. The number of hydrogen-bond donors (Lipinski definition) is 1. The van der Waals surface area contributed by atoms with Gasteiger partial charge in [0.15, 0.2) is 5.76 Å². The lowest BCUT2D eigenvalue weighted by Crippen LogP contribution is -2.03. The maximum Gasteiger partial charge on any atom is 0.229 e. The SMILES string of the molecule is Cc1ccccc1Nc1ccc(C(=O)c2occc2C)c(Cl)c1. The number of furan rings is 1. The van der Waals surface area contributed by atoms with Gasteiger partial charge in [-0.15, -0.1) is 0 Å². The molecule has 0 unspecified atom stereocenters. The number of rotatable bonds is 4. The molecule has 2 aromatic carbocycles. The maximum atomic E-state index is 12.5. The van der Waals surface area contributed by atoms with Gasteiger partial charge in [0.1, 0.15) is 0 Å². The van der Waals surface area contributed by atoms with E-state index in [1.54, 1.807) is 18.2 Å². The van der Waals surface area contributed by atoms with Gasteiger partial charge in [0, 0.05) is 16.9 Å². The van der Waals surface area contributed by atoms with E-state index in [9.17, 15) is 4.79 Å². The minimum absolute atomic E-state index is 0.208. The monoisotopic (exact) mass is 325 g/mol. The first kappa shape index (κ1) is 15.4. The first-order chi connectivity index (χ1) is 11.1. The molecule has 1 aromatic heterocycles. The van der Waals surface area contributed by atoms with E-state index in [-0.39, 0.29) is 5.78 Å². The Morgan fingerprint density at radius 2 is 1.83 bits per heavy atom. The second-order valence-electron chi connectivity index (χ2n) is 5.40. The third kappa shape index (κ3) is 3.15. The molecule has 0 atom stereocenters. The summed E-state index contributed by atoms with van der Waals surface area (Å²) in [6, 6.07) is 15.0. The van der Waals surface area contributed by atoms with Crippen molar-refractivity contribution in [2.24, 2.45) is 0 Å². The van der Waals surface area contributed by atoms with E-state index in [2.05, 4.69) is 5.32 Å². The lowest BCUT2D eigenvalue weighted by molar-refractivity contribution is 0.101. The molecule has 1 heterocycles. The Kier molecular flexibility index (Phi) is 4.22. The van der Waals surface area contributed by atoms with Gasteiger partial charge in [0.05, 0.1) is 11.3 Å². The number of carbonyl (C=O) groups is 1. The van der Waals surface area contributed by atoms with Crippen LogP contribution in [0, 0.1) is 13.8 Å². The van der Waals surface area contributed by atoms with Crippen molar-refractivity contribution in [1.29, 1.82) is 0 Å². The average Bonchev–Trinajstić information content (AvgIpc) is 2.95. The fourth-order valence-corrected chi connectivity index (χ4v) is 2.64. The van der Waals surface area contributed by atoms with Crippen LogP contribution in [0.5, 0.6) is 0 Å². The number of halogens is 1. The van der Waals surface area contributed by atoms with Crippen molar-refractivity contribution >= 4 is 28.8 Å². The van der Waals surface area contributed by atoms with Gasteiger partial charge in [0.2, 0.25) is 5.78 Å². The normalized spacial score (nSPS) is 10.6. The zero-order chi connectivity index (χ0) is 16.4. The lowest BCUT2D eigenvalue weighted by atomic mass is 10.1. The third-order valence-corrected chi connectivity index (χ3v) is 4.02. The fraction of sp³-hybridized carbons (Fsp3) is 0.105. The molecule has 0 saturated carbocycles. The smallest absolute Gasteiger partial charge is 0.229 e. The zero-order valence-corrected chi connectivity index (χ0v) is 13.6. The van der Waals surface area contributed by atoms with Crippen molar-refractivity contribution in [3.05, 3.63) is 82.3 Å². The van der Waals surface area contributed by atoms with Crippen molar-refractivity contribution < 1.29 is 9.21 Å². The Balaban J connectivity index is 1.88. The molecule has 0 amide bonds. The van der Waals surface area contributed by atoms with Crippen molar-refractivity contribution in [2.45, 2.75) is 13.8 Å². The molecule has 0 aliphatic carbocycles. The van der Waals surface area contributed by atoms with E-state index < -0.39 is 0 Å². The molecule has 116 valence electrons. The molecule has 23 heavy (non-hydrogen) atoms. The molecule has 1 N–H and O–H groups in total. The van der Waals surface area contributed by atoms with Crippen LogP contribution in [0.4, 0.5) is 11.4 Å². The highest BCUT2D eigenvalue weighted by atomic mass is 35.5. The minimum Gasteiger partial charge on any atom is -0.461 e. The summed E-state index contributed by atoms with van der Waals surface area (Å²) >= 11 is 6.30. The van der Waals surface area contributed by atoms with E-state index in [1.165, 1.54) is 6.26 Å². The molecular weight excluding hydrogens is 310 g/mol. The molecule has 0 fully saturated rings. The molecule has 0 saturated heterocycles. The zero-order valence-electron chi connectivity index (χ0n) is 12.9. The van der Waals surface area contributed by atoms with Crippen LogP contribution in [0.2, 0.25) is 5.02 Å². The fourth-order valence-electron chi connectivity index (χ4n) is 2.37. The number of benzene rings is 2. The van der Waals surface area contributed by atoms with Gasteiger partial charge < -0.3 is 9.73 Å². The van der Waals surface area contributed by atoms with Crippen molar-refractivity contribution in [3.63, 3.8) is 0 Å². The molecule has 3 rings (SSSR count). The van der Waals surface area contributed by atoms with Gasteiger partial charge in [-0.05, 0) is 55.3 Å². The van der Waals surface area contributed by atoms with Crippen LogP contribution in [0.15, 0.2) is 59.2 Å². The van der Waals surface area contributed by atoms with E-state index >= 15 is 0 Å². The predicted molar refractivity (Wildman–Crippen MR) is 92.8 cm³/mol. The van der Waals surface area contributed by atoms with Crippen LogP contribution in [-0.2, 0) is 0 Å². The number of nitrogens with one attached hydrogen (secondary N) is 1. The maximum absolute atomic E-state index is 12.5. The van der Waals surface area contributed by atoms with Gasteiger partial charge in [-0.2, -0.15) is 0 Å². The van der Waals surface area contributed by atoms with E-state index in [4.69, 9.17) is 16.0 Å². The van der Waals surface area contributed by atoms with E-state index in [1.807, 2.05) is 44.2 Å². The molecule has 0 aliphatic heterocycles. The topological polar surface area (TPSA) is 42.2 Å². The molecular formula is C19H16ClNO2. The summed E-state index contributed by atoms with van der Waals surface area (Å²) in [7, 11) is 0. The molecule has 4 heteroatoms. The summed E-state index contributed by atoms with van der Waals surface area (Å²) in [5.74, 6) is 0.117. The third-order valence-electron chi connectivity index (χ3n) is 3.71. The Morgan fingerprint density at radius 3 is 2.48 bits per heavy atom. The first-order valence-corrected chi connectivity index (χ1v) is 7.65. The summed E-state index contributed by atoms with van der Waals surface area (Å²) < 4.78 is 5.25. The highest BCUT2D eigenvalue weighted by molar-refractivity contribution is 6.35. The predicted octanol–water partition coefficient (Wildman–Crippen LogP) is 5.52. The van der Waals surface area contributed by atoms with Crippen LogP contribution in [0.1, 0.15) is 27.2 Å². The summed E-state index contributed by atoms with van der Waals surface area (Å²) in [6.45, 7) is 3.86. The lowest BCUT2D eigenvalue weighted by Gasteiger charge is -2.11.